The van der Waals surface area contributed by atoms with Crippen molar-refractivity contribution in [2.45, 2.75) is 45.2 Å². The van der Waals surface area contributed by atoms with Crippen molar-refractivity contribution in [2.24, 2.45) is 5.92 Å². The number of carbonyl (C=O) groups excluding carboxylic acids is 1. The van der Waals surface area contributed by atoms with Crippen molar-refractivity contribution in [2.75, 3.05) is 6.54 Å². The summed E-state index contributed by atoms with van der Waals surface area (Å²) in [5, 5.41) is 6.29. The largest absolute Gasteiger partial charge is 0.351 e. The van der Waals surface area contributed by atoms with Gasteiger partial charge in [0.25, 0.3) is 0 Å². The number of amides is 1. The van der Waals surface area contributed by atoms with Gasteiger partial charge in [-0.2, -0.15) is 0 Å². The summed E-state index contributed by atoms with van der Waals surface area (Å²) in [7, 11) is 0. The first kappa shape index (κ1) is 14.1. The normalized spacial score (nSPS) is 17.3. The number of benzene rings is 1. The van der Waals surface area contributed by atoms with E-state index in [-0.39, 0.29) is 5.91 Å². The minimum absolute atomic E-state index is 0.0775. The smallest absolute Gasteiger partial charge is 0.234 e. The molecule has 0 radical (unpaired) electrons. The zero-order chi connectivity index (χ0) is 13.5. The Bertz CT molecular complexity index is 385. The molecule has 1 atom stereocenters. The van der Waals surface area contributed by atoms with Crippen LogP contribution in [0.3, 0.4) is 0 Å². The molecule has 3 nitrogen and oxygen atoms in total. The Labute approximate surface area is 115 Å². The van der Waals surface area contributed by atoms with E-state index in [1.165, 1.54) is 25.7 Å². The predicted molar refractivity (Wildman–Crippen MR) is 77.7 cm³/mol. The molecule has 1 amide bonds. The molecule has 0 saturated heterocycles. The second-order valence-corrected chi connectivity index (χ2v) is 5.48. The summed E-state index contributed by atoms with van der Waals surface area (Å²) in [5.74, 6) is 0.829. The molecule has 0 heterocycles. The van der Waals surface area contributed by atoms with Gasteiger partial charge in [0.1, 0.15) is 0 Å². The lowest BCUT2D eigenvalue weighted by atomic mass is 10.00. The van der Waals surface area contributed by atoms with Crippen LogP contribution in [0, 0.1) is 5.92 Å². The topological polar surface area (TPSA) is 41.1 Å². The Morgan fingerprint density at radius 3 is 2.63 bits per heavy atom. The molecule has 3 heteroatoms. The maximum atomic E-state index is 11.8. The van der Waals surface area contributed by atoms with Gasteiger partial charge in [0.05, 0.1) is 6.54 Å². The van der Waals surface area contributed by atoms with Gasteiger partial charge in [-0.1, -0.05) is 43.2 Å². The van der Waals surface area contributed by atoms with E-state index in [0.29, 0.717) is 19.1 Å². The van der Waals surface area contributed by atoms with Crippen molar-refractivity contribution < 1.29 is 4.79 Å². The van der Waals surface area contributed by atoms with Crippen LogP contribution in [0.15, 0.2) is 30.3 Å². The number of hydrogen-bond donors (Lipinski definition) is 2. The van der Waals surface area contributed by atoms with E-state index in [4.69, 9.17) is 0 Å². The van der Waals surface area contributed by atoms with Gasteiger partial charge in [-0.3, -0.25) is 4.79 Å². The highest BCUT2D eigenvalue weighted by molar-refractivity contribution is 5.78. The Balaban J connectivity index is 1.64. The first-order valence-corrected chi connectivity index (χ1v) is 7.29. The highest BCUT2D eigenvalue weighted by atomic mass is 16.1. The molecule has 2 rings (SSSR count). The summed E-state index contributed by atoms with van der Waals surface area (Å²) >= 11 is 0. The van der Waals surface area contributed by atoms with E-state index in [2.05, 4.69) is 17.6 Å². The van der Waals surface area contributed by atoms with Crippen molar-refractivity contribution in [3.05, 3.63) is 35.9 Å². The second kappa shape index (κ2) is 7.29. The second-order valence-electron chi connectivity index (χ2n) is 5.48. The van der Waals surface area contributed by atoms with Crippen LogP contribution in [0.1, 0.15) is 38.2 Å². The first-order valence-electron chi connectivity index (χ1n) is 7.29. The van der Waals surface area contributed by atoms with E-state index in [1.807, 2.05) is 30.3 Å². The van der Waals surface area contributed by atoms with Gasteiger partial charge in [-0.25, -0.2) is 0 Å². The summed E-state index contributed by atoms with van der Waals surface area (Å²) in [6.45, 7) is 3.23. The zero-order valence-corrected chi connectivity index (χ0v) is 11.7. The number of nitrogens with one attached hydrogen (secondary N) is 2. The van der Waals surface area contributed by atoms with Crippen molar-refractivity contribution in [3.63, 3.8) is 0 Å². The lowest BCUT2D eigenvalue weighted by molar-refractivity contribution is -0.120. The monoisotopic (exact) mass is 260 g/mol. The molecule has 1 saturated carbocycles. The molecule has 19 heavy (non-hydrogen) atoms. The third-order valence-corrected chi connectivity index (χ3v) is 4.02. The Morgan fingerprint density at radius 2 is 1.95 bits per heavy atom. The van der Waals surface area contributed by atoms with Crippen LogP contribution in [0.4, 0.5) is 0 Å². The average molecular weight is 260 g/mol. The van der Waals surface area contributed by atoms with Crippen LogP contribution in [0.25, 0.3) is 0 Å². The molecule has 104 valence electrons. The van der Waals surface area contributed by atoms with Crippen molar-refractivity contribution >= 4 is 5.91 Å². The third kappa shape index (κ3) is 4.67. The maximum absolute atomic E-state index is 11.8. The highest BCUT2D eigenvalue weighted by Crippen LogP contribution is 2.27. The summed E-state index contributed by atoms with van der Waals surface area (Å²) in [5.41, 5.74) is 1.14. The Morgan fingerprint density at radius 1 is 1.26 bits per heavy atom. The van der Waals surface area contributed by atoms with Crippen LogP contribution < -0.4 is 10.6 Å². The van der Waals surface area contributed by atoms with Crippen LogP contribution >= 0.6 is 0 Å². The number of hydrogen-bond acceptors (Lipinski definition) is 2. The van der Waals surface area contributed by atoms with E-state index in [1.54, 1.807) is 0 Å². The zero-order valence-electron chi connectivity index (χ0n) is 11.7. The standard InChI is InChI=1S/C16H24N2O/c1-13(15-9-5-6-10-15)17-12-16(19)18-11-14-7-3-2-4-8-14/h2-4,7-8,13,15,17H,5-6,9-12H2,1H3,(H,18,19)/t13-/m1/s1. The Hall–Kier alpha value is -1.35. The first-order chi connectivity index (χ1) is 9.25. The average Bonchev–Trinajstić information content (AvgIpc) is 2.98. The van der Waals surface area contributed by atoms with E-state index < -0.39 is 0 Å². The molecule has 0 aliphatic heterocycles. The van der Waals surface area contributed by atoms with Gasteiger partial charge in [-0.05, 0) is 31.2 Å². The molecule has 1 aliphatic carbocycles. The van der Waals surface area contributed by atoms with Gasteiger partial charge in [0, 0.05) is 12.6 Å². The molecule has 1 aromatic carbocycles. The third-order valence-electron chi connectivity index (χ3n) is 4.02. The number of carbonyl (C=O) groups is 1. The molecule has 0 bridgehead atoms. The lowest BCUT2D eigenvalue weighted by Gasteiger charge is -2.20. The predicted octanol–water partition coefficient (Wildman–Crippen LogP) is 2.47. The van der Waals surface area contributed by atoms with Gasteiger partial charge >= 0.3 is 0 Å². The van der Waals surface area contributed by atoms with Gasteiger partial charge in [-0.15, -0.1) is 0 Å². The summed E-state index contributed by atoms with van der Waals surface area (Å²) in [6.07, 6.45) is 5.30. The summed E-state index contributed by atoms with van der Waals surface area (Å²) in [6, 6.07) is 10.5. The van der Waals surface area contributed by atoms with Crippen molar-refractivity contribution in [1.82, 2.24) is 10.6 Å². The molecule has 0 aromatic heterocycles. The molecule has 2 N–H and O–H groups in total. The van der Waals surface area contributed by atoms with Crippen LogP contribution in [-0.4, -0.2) is 18.5 Å². The highest BCUT2D eigenvalue weighted by Gasteiger charge is 2.21. The lowest BCUT2D eigenvalue weighted by Crippen LogP contribution is -2.40. The molecule has 1 aromatic rings. The molecular weight excluding hydrogens is 236 g/mol. The SMILES string of the molecule is C[C@@H](NCC(=O)NCc1ccccc1)C1CCCC1. The minimum atomic E-state index is 0.0775. The minimum Gasteiger partial charge on any atom is -0.351 e. The van der Waals surface area contributed by atoms with Crippen LogP contribution in [0.2, 0.25) is 0 Å². The van der Waals surface area contributed by atoms with Gasteiger partial charge in [0.15, 0.2) is 0 Å². The fraction of sp³-hybridized carbons (Fsp3) is 0.562. The van der Waals surface area contributed by atoms with Crippen molar-refractivity contribution in [1.29, 1.82) is 0 Å². The number of rotatable bonds is 6. The van der Waals surface area contributed by atoms with Crippen LogP contribution in [0.5, 0.6) is 0 Å². The molecule has 1 aliphatic rings. The summed E-state index contributed by atoms with van der Waals surface area (Å²) < 4.78 is 0. The van der Waals surface area contributed by atoms with E-state index in [9.17, 15) is 4.79 Å². The van der Waals surface area contributed by atoms with Gasteiger partial charge in [0.2, 0.25) is 5.91 Å². The fourth-order valence-electron chi connectivity index (χ4n) is 2.74. The van der Waals surface area contributed by atoms with E-state index >= 15 is 0 Å². The van der Waals surface area contributed by atoms with Crippen LogP contribution in [-0.2, 0) is 11.3 Å². The summed E-state index contributed by atoms with van der Waals surface area (Å²) in [4.78, 5) is 11.8. The quantitative estimate of drug-likeness (QED) is 0.825. The molecule has 0 unspecified atom stereocenters. The van der Waals surface area contributed by atoms with Crippen molar-refractivity contribution in [3.8, 4) is 0 Å². The maximum Gasteiger partial charge on any atom is 0.234 e. The Kier molecular flexibility index (Phi) is 5.40. The molecule has 0 spiro atoms. The molecular formula is C16H24N2O. The fourth-order valence-corrected chi connectivity index (χ4v) is 2.74. The van der Waals surface area contributed by atoms with E-state index in [0.717, 1.165) is 11.5 Å². The molecule has 1 fully saturated rings. The van der Waals surface area contributed by atoms with Gasteiger partial charge < -0.3 is 10.6 Å².